The van der Waals surface area contributed by atoms with Crippen molar-refractivity contribution < 1.29 is 4.74 Å². The van der Waals surface area contributed by atoms with Gasteiger partial charge in [-0.25, -0.2) is 0 Å². The van der Waals surface area contributed by atoms with Crippen LogP contribution in [-0.2, 0) is 6.42 Å². The van der Waals surface area contributed by atoms with Crippen molar-refractivity contribution in [1.82, 2.24) is 0 Å². The molecular weight excluding hydrogens is 234 g/mol. The van der Waals surface area contributed by atoms with Crippen molar-refractivity contribution in [3.63, 3.8) is 0 Å². The Morgan fingerprint density at radius 3 is 2.79 bits per heavy atom. The molecule has 0 saturated heterocycles. The maximum atomic E-state index is 6.21. The van der Waals surface area contributed by atoms with Crippen molar-refractivity contribution in [2.24, 2.45) is 4.99 Å². The second-order valence-electron chi connectivity index (χ2n) is 5.89. The van der Waals surface area contributed by atoms with Gasteiger partial charge in [0, 0.05) is 24.8 Å². The predicted molar refractivity (Wildman–Crippen MR) is 77.6 cm³/mol. The van der Waals surface area contributed by atoms with Gasteiger partial charge in [-0.05, 0) is 48.1 Å². The smallest absolute Gasteiger partial charge is 0.130 e. The second kappa shape index (κ2) is 3.60. The van der Waals surface area contributed by atoms with Crippen molar-refractivity contribution in [3.8, 4) is 5.75 Å². The number of benzene rings is 1. The van der Waals surface area contributed by atoms with Gasteiger partial charge in [0.2, 0.25) is 0 Å². The monoisotopic (exact) mass is 251 g/mol. The lowest BCUT2D eigenvalue weighted by molar-refractivity contribution is 0.200. The summed E-state index contributed by atoms with van der Waals surface area (Å²) in [5.41, 5.74) is 6.19. The minimum Gasteiger partial charge on any atom is -0.483 e. The molecule has 0 amide bonds. The van der Waals surface area contributed by atoms with E-state index in [-0.39, 0.29) is 5.60 Å². The lowest BCUT2D eigenvalue weighted by atomic mass is 9.93. The fraction of sp³-hybridized carbons (Fsp3) is 0.353. The van der Waals surface area contributed by atoms with Crippen LogP contribution in [0.3, 0.4) is 0 Å². The first kappa shape index (κ1) is 11.0. The van der Waals surface area contributed by atoms with E-state index >= 15 is 0 Å². The van der Waals surface area contributed by atoms with E-state index in [0.717, 1.165) is 31.4 Å². The third kappa shape index (κ3) is 1.66. The first-order valence-corrected chi connectivity index (χ1v) is 6.89. The van der Waals surface area contributed by atoms with Crippen LogP contribution in [0.1, 0.15) is 37.3 Å². The Morgan fingerprint density at radius 1 is 1.26 bits per heavy atom. The number of hydrogen-bond donors (Lipinski definition) is 0. The highest BCUT2D eigenvalue weighted by atomic mass is 16.5. The summed E-state index contributed by atoms with van der Waals surface area (Å²) in [6, 6.07) is 6.54. The molecule has 0 unspecified atom stereocenters. The van der Waals surface area contributed by atoms with Gasteiger partial charge in [0.25, 0.3) is 0 Å². The third-order valence-corrected chi connectivity index (χ3v) is 4.38. The highest BCUT2D eigenvalue weighted by Gasteiger charge is 2.50. The maximum Gasteiger partial charge on any atom is 0.130 e. The van der Waals surface area contributed by atoms with Gasteiger partial charge in [-0.1, -0.05) is 18.7 Å². The summed E-state index contributed by atoms with van der Waals surface area (Å²) >= 11 is 0. The fourth-order valence-corrected chi connectivity index (χ4v) is 2.97. The standard InChI is InChI=1S/C17H17NO/c1-11-7-14-4-3-13(15-8-12(2)18-10-15)9-16(14)19-17(11)5-6-17/h3-4,9-10H,1,5-8H2,2H3. The number of hydrogen-bond acceptors (Lipinski definition) is 2. The van der Waals surface area contributed by atoms with Gasteiger partial charge in [-0.2, -0.15) is 0 Å². The highest BCUT2D eigenvalue weighted by Crippen LogP contribution is 2.51. The minimum atomic E-state index is -0.0257. The van der Waals surface area contributed by atoms with Gasteiger partial charge in [0.1, 0.15) is 11.4 Å². The molecule has 1 aromatic carbocycles. The van der Waals surface area contributed by atoms with Crippen molar-refractivity contribution in [3.05, 3.63) is 47.7 Å². The molecule has 1 aromatic rings. The van der Waals surface area contributed by atoms with Crippen LogP contribution in [0, 0.1) is 0 Å². The number of allylic oxidation sites excluding steroid dienone is 1. The van der Waals surface area contributed by atoms with E-state index in [1.807, 2.05) is 6.20 Å². The van der Waals surface area contributed by atoms with Crippen LogP contribution in [0.5, 0.6) is 5.75 Å². The maximum absolute atomic E-state index is 6.21. The second-order valence-corrected chi connectivity index (χ2v) is 5.89. The van der Waals surface area contributed by atoms with E-state index < -0.39 is 0 Å². The summed E-state index contributed by atoms with van der Waals surface area (Å²) in [5.74, 6) is 1.05. The van der Waals surface area contributed by atoms with Crippen LogP contribution < -0.4 is 4.74 Å². The molecule has 1 saturated carbocycles. The predicted octanol–water partition coefficient (Wildman–Crippen LogP) is 3.92. The number of nitrogens with zero attached hydrogens (tertiary/aromatic N) is 1. The SMILES string of the molecule is C=C1Cc2ccc(C3=CN=C(C)C3)cc2OC12CC2. The quantitative estimate of drug-likeness (QED) is 0.693. The number of ether oxygens (including phenoxy) is 1. The summed E-state index contributed by atoms with van der Waals surface area (Å²) in [5, 5.41) is 0. The van der Waals surface area contributed by atoms with E-state index in [1.54, 1.807) is 0 Å². The molecule has 0 aromatic heterocycles. The molecule has 1 spiro atoms. The van der Waals surface area contributed by atoms with Gasteiger partial charge < -0.3 is 4.74 Å². The molecule has 1 fully saturated rings. The topological polar surface area (TPSA) is 21.6 Å². The molecule has 2 heteroatoms. The largest absolute Gasteiger partial charge is 0.483 e. The molecule has 2 aliphatic heterocycles. The zero-order valence-corrected chi connectivity index (χ0v) is 11.2. The van der Waals surface area contributed by atoms with E-state index in [1.165, 1.54) is 28.0 Å². The van der Waals surface area contributed by atoms with E-state index in [4.69, 9.17) is 4.74 Å². The molecule has 19 heavy (non-hydrogen) atoms. The van der Waals surface area contributed by atoms with Gasteiger partial charge in [-0.3, -0.25) is 4.99 Å². The molecule has 3 aliphatic rings. The number of rotatable bonds is 1. The molecule has 4 rings (SSSR count). The average Bonchev–Trinajstić information content (AvgIpc) is 3.03. The molecule has 2 heterocycles. The van der Waals surface area contributed by atoms with Gasteiger partial charge >= 0.3 is 0 Å². The Labute approximate surface area is 113 Å². The van der Waals surface area contributed by atoms with Crippen molar-refractivity contribution in [2.75, 3.05) is 0 Å². The average molecular weight is 251 g/mol. The molecule has 0 atom stereocenters. The lowest BCUT2D eigenvalue weighted by Gasteiger charge is -2.28. The summed E-state index contributed by atoms with van der Waals surface area (Å²) < 4.78 is 6.21. The zero-order chi connectivity index (χ0) is 13.0. The molecular formula is C17H17NO. The Morgan fingerprint density at radius 2 is 2.11 bits per heavy atom. The number of fused-ring (bicyclic) bond motifs is 1. The highest BCUT2D eigenvalue weighted by molar-refractivity contribution is 5.96. The normalized spacial score (nSPS) is 22.7. The minimum absolute atomic E-state index is 0.0257. The lowest BCUT2D eigenvalue weighted by Crippen LogP contribution is -2.26. The summed E-state index contributed by atoms with van der Waals surface area (Å²) in [6.45, 7) is 6.25. The summed E-state index contributed by atoms with van der Waals surface area (Å²) in [4.78, 5) is 4.36. The molecule has 1 aliphatic carbocycles. The number of aliphatic imine (C=N–C) groups is 1. The fourth-order valence-electron chi connectivity index (χ4n) is 2.97. The summed E-state index contributed by atoms with van der Waals surface area (Å²) in [7, 11) is 0. The van der Waals surface area contributed by atoms with Crippen LogP contribution in [0.2, 0.25) is 0 Å². The molecule has 0 N–H and O–H groups in total. The third-order valence-electron chi connectivity index (χ3n) is 4.38. The Hall–Kier alpha value is -1.83. The van der Waals surface area contributed by atoms with Gasteiger partial charge in [0.05, 0.1) is 0 Å². The first-order chi connectivity index (χ1) is 9.16. The molecule has 0 radical (unpaired) electrons. The van der Waals surface area contributed by atoms with Crippen LogP contribution >= 0.6 is 0 Å². The Kier molecular flexibility index (Phi) is 2.09. The Bertz CT molecular complexity index is 647. The van der Waals surface area contributed by atoms with Crippen LogP contribution in [0.15, 0.2) is 41.5 Å². The van der Waals surface area contributed by atoms with Crippen LogP contribution in [-0.4, -0.2) is 11.3 Å². The van der Waals surface area contributed by atoms with Crippen LogP contribution in [0.25, 0.3) is 5.57 Å². The molecule has 96 valence electrons. The van der Waals surface area contributed by atoms with Crippen molar-refractivity contribution in [2.45, 2.75) is 38.2 Å². The van der Waals surface area contributed by atoms with E-state index in [0.29, 0.717) is 0 Å². The van der Waals surface area contributed by atoms with Crippen molar-refractivity contribution in [1.29, 1.82) is 0 Å². The van der Waals surface area contributed by atoms with Crippen molar-refractivity contribution >= 4 is 11.3 Å². The summed E-state index contributed by atoms with van der Waals surface area (Å²) in [6.07, 6.45) is 6.15. The van der Waals surface area contributed by atoms with E-state index in [9.17, 15) is 0 Å². The molecule has 2 nitrogen and oxygen atoms in total. The van der Waals surface area contributed by atoms with Crippen LogP contribution in [0.4, 0.5) is 0 Å². The van der Waals surface area contributed by atoms with Gasteiger partial charge in [-0.15, -0.1) is 0 Å². The molecule has 0 bridgehead atoms. The Balaban J connectivity index is 1.69. The van der Waals surface area contributed by atoms with E-state index in [2.05, 4.69) is 36.7 Å². The van der Waals surface area contributed by atoms with Gasteiger partial charge in [0.15, 0.2) is 0 Å². The first-order valence-electron chi connectivity index (χ1n) is 6.89. The zero-order valence-electron chi connectivity index (χ0n) is 11.2.